The highest BCUT2D eigenvalue weighted by Gasteiger charge is 2.39. The van der Waals surface area contributed by atoms with Gasteiger partial charge in [0.15, 0.2) is 0 Å². The first-order valence-electron chi connectivity index (χ1n) is 6.90. The van der Waals surface area contributed by atoms with Crippen molar-refractivity contribution in [3.63, 3.8) is 0 Å². The molecule has 4 nitrogen and oxygen atoms in total. The molecule has 20 heavy (non-hydrogen) atoms. The topological polar surface area (TPSA) is 60.8 Å². The van der Waals surface area contributed by atoms with Crippen LogP contribution in [0.15, 0.2) is 18.2 Å². The van der Waals surface area contributed by atoms with Gasteiger partial charge in [-0.25, -0.2) is 0 Å². The van der Waals surface area contributed by atoms with Gasteiger partial charge in [0.1, 0.15) is 5.75 Å². The van der Waals surface area contributed by atoms with E-state index in [-0.39, 0.29) is 5.75 Å². The van der Waals surface area contributed by atoms with E-state index in [1.54, 1.807) is 12.1 Å². The molecule has 1 aromatic carbocycles. The molecule has 0 radical (unpaired) electrons. The van der Waals surface area contributed by atoms with Crippen molar-refractivity contribution in [1.29, 1.82) is 0 Å². The predicted molar refractivity (Wildman–Crippen MR) is 78.0 cm³/mol. The third-order valence-electron chi connectivity index (χ3n) is 4.36. The summed E-state index contributed by atoms with van der Waals surface area (Å²) in [4.78, 5) is 13.6. The molecule has 5 heteroatoms. The van der Waals surface area contributed by atoms with Crippen molar-refractivity contribution in [2.75, 3.05) is 13.1 Å². The number of piperidine rings is 1. The fourth-order valence-electron chi connectivity index (χ4n) is 2.76. The summed E-state index contributed by atoms with van der Waals surface area (Å²) in [5.41, 5.74) is 0.482. The number of carbonyl (C=O) groups is 1. The number of benzene rings is 1. The summed E-state index contributed by atoms with van der Waals surface area (Å²) < 4.78 is 0. The Balaban J connectivity index is 1.97. The Morgan fingerprint density at radius 2 is 2.05 bits per heavy atom. The molecule has 0 atom stereocenters. The van der Waals surface area contributed by atoms with Crippen LogP contribution in [0.2, 0.25) is 5.02 Å². The number of carboxylic acid groups (broad SMARTS) is 1. The molecule has 0 spiro atoms. The maximum atomic E-state index is 11.4. The van der Waals surface area contributed by atoms with Crippen LogP contribution in [-0.4, -0.2) is 34.2 Å². The standard InChI is InChI=1S/C15H20ClNO3/c1-2-15(14(19)20)5-7-17(8-6-15)10-11-3-4-13(18)12(16)9-11/h3-4,9,18H,2,5-8,10H2,1H3,(H,19,20). The van der Waals surface area contributed by atoms with E-state index in [0.717, 1.165) is 25.2 Å². The molecule has 1 aliphatic heterocycles. The Morgan fingerprint density at radius 1 is 1.40 bits per heavy atom. The minimum absolute atomic E-state index is 0.0879. The van der Waals surface area contributed by atoms with Crippen molar-refractivity contribution in [3.8, 4) is 5.75 Å². The van der Waals surface area contributed by atoms with Crippen LogP contribution in [0.4, 0.5) is 0 Å². The van der Waals surface area contributed by atoms with Gasteiger partial charge < -0.3 is 10.2 Å². The lowest BCUT2D eigenvalue weighted by Gasteiger charge is -2.38. The highest BCUT2D eigenvalue weighted by molar-refractivity contribution is 6.32. The van der Waals surface area contributed by atoms with Gasteiger partial charge in [0.2, 0.25) is 0 Å². The van der Waals surface area contributed by atoms with Gasteiger partial charge in [-0.15, -0.1) is 0 Å². The number of nitrogens with zero attached hydrogens (tertiary/aromatic N) is 1. The van der Waals surface area contributed by atoms with Gasteiger partial charge in [0.25, 0.3) is 0 Å². The fraction of sp³-hybridized carbons (Fsp3) is 0.533. The number of halogens is 1. The molecule has 0 amide bonds. The van der Waals surface area contributed by atoms with Gasteiger partial charge in [0.05, 0.1) is 10.4 Å². The summed E-state index contributed by atoms with van der Waals surface area (Å²) in [5.74, 6) is -0.586. The average molecular weight is 298 g/mol. The lowest BCUT2D eigenvalue weighted by atomic mass is 9.76. The monoisotopic (exact) mass is 297 g/mol. The minimum Gasteiger partial charge on any atom is -0.506 e. The van der Waals surface area contributed by atoms with Crippen LogP contribution >= 0.6 is 11.6 Å². The van der Waals surface area contributed by atoms with E-state index in [9.17, 15) is 15.0 Å². The molecule has 0 aliphatic carbocycles. The molecule has 110 valence electrons. The Bertz CT molecular complexity index is 496. The van der Waals surface area contributed by atoms with Gasteiger partial charge >= 0.3 is 5.97 Å². The zero-order valence-corrected chi connectivity index (χ0v) is 12.4. The Morgan fingerprint density at radius 3 is 2.55 bits per heavy atom. The quantitative estimate of drug-likeness (QED) is 0.896. The molecule has 1 aromatic rings. The van der Waals surface area contributed by atoms with E-state index in [1.807, 2.05) is 13.0 Å². The number of phenols is 1. The van der Waals surface area contributed by atoms with Gasteiger partial charge in [-0.1, -0.05) is 24.6 Å². The maximum absolute atomic E-state index is 11.4. The molecule has 0 bridgehead atoms. The van der Waals surface area contributed by atoms with Crippen molar-refractivity contribution in [1.82, 2.24) is 4.90 Å². The van der Waals surface area contributed by atoms with E-state index >= 15 is 0 Å². The van der Waals surface area contributed by atoms with Crippen molar-refractivity contribution < 1.29 is 15.0 Å². The van der Waals surface area contributed by atoms with Gasteiger partial charge in [0, 0.05) is 6.54 Å². The number of aromatic hydroxyl groups is 1. The number of hydrogen-bond donors (Lipinski definition) is 2. The molecule has 2 N–H and O–H groups in total. The summed E-state index contributed by atoms with van der Waals surface area (Å²) in [6.07, 6.45) is 2.05. The summed E-state index contributed by atoms with van der Waals surface area (Å²) in [7, 11) is 0. The van der Waals surface area contributed by atoms with Crippen LogP contribution in [-0.2, 0) is 11.3 Å². The molecule has 1 aliphatic rings. The number of rotatable bonds is 4. The molecule has 1 saturated heterocycles. The molecule has 0 unspecified atom stereocenters. The summed E-state index contributed by atoms with van der Waals surface area (Å²) in [5, 5.41) is 19.1. The fourth-order valence-corrected chi connectivity index (χ4v) is 2.97. The summed E-state index contributed by atoms with van der Waals surface area (Å²) >= 11 is 5.89. The first kappa shape index (κ1) is 15.1. The molecular weight excluding hydrogens is 278 g/mol. The second-order valence-electron chi connectivity index (χ2n) is 5.50. The first-order chi connectivity index (χ1) is 9.47. The third-order valence-corrected chi connectivity index (χ3v) is 4.66. The number of likely N-dealkylation sites (tertiary alicyclic amines) is 1. The lowest BCUT2D eigenvalue weighted by molar-refractivity contribution is -0.152. The van der Waals surface area contributed by atoms with Crippen LogP contribution in [0, 0.1) is 5.41 Å². The second-order valence-corrected chi connectivity index (χ2v) is 5.91. The van der Waals surface area contributed by atoms with E-state index < -0.39 is 11.4 Å². The highest BCUT2D eigenvalue weighted by Crippen LogP contribution is 2.35. The Hall–Kier alpha value is -1.26. The smallest absolute Gasteiger partial charge is 0.309 e. The number of carboxylic acids is 1. The van der Waals surface area contributed by atoms with E-state index in [4.69, 9.17) is 11.6 Å². The molecule has 2 rings (SSSR count). The zero-order chi connectivity index (χ0) is 14.8. The van der Waals surface area contributed by atoms with Crippen molar-refractivity contribution >= 4 is 17.6 Å². The second kappa shape index (κ2) is 6.02. The van der Waals surface area contributed by atoms with Gasteiger partial charge in [-0.2, -0.15) is 0 Å². The number of aliphatic carboxylic acids is 1. The minimum atomic E-state index is -0.674. The molecule has 1 heterocycles. The van der Waals surface area contributed by atoms with Crippen LogP contribution < -0.4 is 0 Å². The molecule has 1 fully saturated rings. The molecule has 0 saturated carbocycles. The summed E-state index contributed by atoms with van der Waals surface area (Å²) in [6, 6.07) is 5.20. The van der Waals surface area contributed by atoms with Crippen molar-refractivity contribution in [2.24, 2.45) is 5.41 Å². The van der Waals surface area contributed by atoms with E-state index in [2.05, 4.69) is 4.90 Å². The first-order valence-corrected chi connectivity index (χ1v) is 7.28. The zero-order valence-electron chi connectivity index (χ0n) is 11.6. The third kappa shape index (κ3) is 3.07. The molecule has 0 aromatic heterocycles. The number of hydrogen-bond acceptors (Lipinski definition) is 3. The van der Waals surface area contributed by atoms with Crippen LogP contribution in [0.1, 0.15) is 31.7 Å². The predicted octanol–water partition coefficient (Wildman–Crippen LogP) is 3.12. The Labute approximate surface area is 124 Å². The normalized spacial score (nSPS) is 18.9. The SMILES string of the molecule is CCC1(C(=O)O)CCN(Cc2ccc(O)c(Cl)c2)CC1. The lowest BCUT2D eigenvalue weighted by Crippen LogP contribution is -2.43. The molecular formula is C15H20ClNO3. The van der Waals surface area contributed by atoms with Crippen LogP contribution in [0.3, 0.4) is 0 Å². The Kier molecular flexibility index (Phi) is 4.55. The number of phenolic OH excluding ortho intramolecular Hbond substituents is 1. The summed E-state index contributed by atoms with van der Waals surface area (Å²) in [6.45, 7) is 4.24. The highest BCUT2D eigenvalue weighted by atomic mass is 35.5. The van der Waals surface area contributed by atoms with Crippen molar-refractivity contribution in [2.45, 2.75) is 32.7 Å². The van der Waals surface area contributed by atoms with Gasteiger partial charge in [-0.3, -0.25) is 9.69 Å². The van der Waals surface area contributed by atoms with Crippen LogP contribution in [0.5, 0.6) is 5.75 Å². The average Bonchev–Trinajstić information content (AvgIpc) is 2.44. The van der Waals surface area contributed by atoms with Crippen molar-refractivity contribution in [3.05, 3.63) is 28.8 Å². The largest absolute Gasteiger partial charge is 0.506 e. The van der Waals surface area contributed by atoms with Crippen LogP contribution in [0.25, 0.3) is 0 Å². The van der Waals surface area contributed by atoms with Gasteiger partial charge in [-0.05, 0) is 50.0 Å². The van der Waals surface area contributed by atoms with E-state index in [0.29, 0.717) is 24.3 Å². The maximum Gasteiger partial charge on any atom is 0.309 e. The van der Waals surface area contributed by atoms with E-state index in [1.165, 1.54) is 0 Å².